The number of para-hydroxylation sites is 1. The number of hydrogen-bond acceptors (Lipinski definition) is 5. The van der Waals surface area contributed by atoms with Gasteiger partial charge in [-0.25, -0.2) is 0 Å². The molecule has 1 amide bonds. The van der Waals surface area contributed by atoms with Gasteiger partial charge < -0.3 is 5.32 Å². The number of aromatic nitrogens is 4. The lowest BCUT2D eigenvalue weighted by molar-refractivity contribution is -0.113. The number of hydrogen-bond donors (Lipinski definition) is 1. The smallest absolute Gasteiger partial charge is 0.262 e. The highest BCUT2D eigenvalue weighted by Crippen LogP contribution is 2.26. The summed E-state index contributed by atoms with van der Waals surface area (Å²) in [5.74, 6) is 0.763. The van der Waals surface area contributed by atoms with Crippen LogP contribution in [0.25, 0.3) is 16.7 Å². The van der Waals surface area contributed by atoms with E-state index in [4.69, 9.17) is 23.2 Å². The maximum Gasteiger partial charge on any atom is 0.262 e. The Kier molecular flexibility index (Phi) is 6.74. The van der Waals surface area contributed by atoms with E-state index in [9.17, 15) is 9.59 Å². The summed E-state index contributed by atoms with van der Waals surface area (Å²) in [7, 11) is 0. The van der Waals surface area contributed by atoms with Crippen molar-refractivity contribution < 1.29 is 4.79 Å². The summed E-state index contributed by atoms with van der Waals surface area (Å²) in [6.45, 7) is 4.77. The van der Waals surface area contributed by atoms with E-state index in [0.29, 0.717) is 50.0 Å². The second-order valence-corrected chi connectivity index (χ2v) is 9.52. The van der Waals surface area contributed by atoms with Crippen LogP contribution in [0, 0.1) is 5.92 Å². The molecule has 0 atom stereocenters. The number of thioether (sulfide) groups is 1. The molecule has 32 heavy (non-hydrogen) atoms. The molecule has 2 aromatic heterocycles. The first kappa shape index (κ1) is 22.6. The summed E-state index contributed by atoms with van der Waals surface area (Å²) < 4.78 is 3.50. The van der Waals surface area contributed by atoms with Crippen LogP contribution in [0.4, 0.5) is 5.69 Å². The second-order valence-electron chi connectivity index (χ2n) is 7.74. The third-order valence-electron chi connectivity index (χ3n) is 4.95. The quantitative estimate of drug-likeness (QED) is 0.364. The molecule has 1 N–H and O–H groups in total. The van der Waals surface area contributed by atoms with Gasteiger partial charge in [-0.15, -0.1) is 10.2 Å². The number of halogens is 2. The first-order valence-corrected chi connectivity index (χ1v) is 11.8. The van der Waals surface area contributed by atoms with Crippen molar-refractivity contribution in [3.63, 3.8) is 0 Å². The monoisotopic (exact) mass is 489 g/mol. The Labute approximate surface area is 198 Å². The van der Waals surface area contributed by atoms with E-state index in [-0.39, 0.29) is 17.2 Å². The summed E-state index contributed by atoms with van der Waals surface area (Å²) >= 11 is 13.3. The molecule has 2 aromatic carbocycles. The van der Waals surface area contributed by atoms with Gasteiger partial charge in [-0.1, -0.05) is 60.9 Å². The largest absolute Gasteiger partial charge is 0.324 e. The third-order valence-corrected chi connectivity index (χ3v) is 6.42. The van der Waals surface area contributed by atoms with Crippen LogP contribution in [0.15, 0.2) is 52.4 Å². The van der Waals surface area contributed by atoms with E-state index in [0.717, 1.165) is 6.42 Å². The number of nitrogens with zero attached hydrogens (tertiary/aromatic N) is 4. The van der Waals surface area contributed by atoms with Crippen LogP contribution in [0.3, 0.4) is 0 Å². The Balaban J connectivity index is 1.65. The average molecular weight is 490 g/mol. The van der Waals surface area contributed by atoms with Crippen LogP contribution >= 0.6 is 35.0 Å². The lowest BCUT2D eigenvalue weighted by Crippen LogP contribution is -2.24. The van der Waals surface area contributed by atoms with Crippen molar-refractivity contribution >= 4 is 63.2 Å². The maximum absolute atomic E-state index is 13.1. The predicted octanol–water partition coefficient (Wildman–Crippen LogP) is 5.13. The van der Waals surface area contributed by atoms with Crippen molar-refractivity contribution in [2.75, 3.05) is 11.1 Å². The molecule has 0 aliphatic rings. The van der Waals surface area contributed by atoms with E-state index in [2.05, 4.69) is 29.4 Å². The van der Waals surface area contributed by atoms with Crippen LogP contribution in [-0.4, -0.2) is 30.8 Å². The molecule has 2 heterocycles. The molecular weight excluding hydrogens is 469 g/mol. The fourth-order valence-electron chi connectivity index (χ4n) is 3.32. The molecule has 0 saturated heterocycles. The van der Waals surface area contributed by atoms with Gasteiger partial charge in [-0.3, -0.25) is 18.6 Å². The van der Waals surface area contributed by atoms with Gasteiger partial charge in [0.15, 0.2) is 5.16 Å². The number of aryl methyl sites for hydroxylation is 1. The first-order chi connectivity index (χ1) is 15.3. The summed E-state index contributed by atoms with van der Waals surface area (Å²) in [5, 5.41) is 13.3. The molecule has 166 valence electrons. The highest BCUT2D eigenvalue weighted by atomic mass is 35.5. The minimum Gasteiger partial charge on any atom is -0.324 e. The van der Waals surface area contributed by atoms with Crippen molar-refractivity contribution in [2.24, 2.45) is 5.92 Å². The fraction of sp³-hybridized carbons (Fsp3) is 0.273. The fourth-order valence-corrected chi connectivity index (χ4v) is 4.52. The molecule has 4 rings (SSSR count). The van der Waals surface area contributed by atoms with Gasteiger partial charge in [-0.05, 0) is 42.7 Å². The number of carbonyl (C=O) groups excluding carboxylic acids is 1. The predicted molar refractivity (Wildman–Crippen MR) is 130 cm³/mol. The highest BCUT2D eigenvalue weighted by molar-refractivity contribution is 7.99. The molecule has 10 heteroatoms. The Morgan fingerprint density at radius 2 is 1.94 bits per heavy atom. The van der Waals surface area contributed by atoms with E-state index >= 15 is 0 Å². The molecule has 0 aliphatic carbocycles. The van der Waals surface area contributed by atoms with Gasteiger partial charge in [0.1, 0.15) is 0 Å². The average Bonchev–Trinajstić information content (AvgIpc) is 3.18. The SMILES string of the molecule is CC(C)CCn1c(=O)c2ccccc2n2c(SCC(=O)Nc3ccc(Cl)cc3Cl)nnc12. The zero-order chi connectivity index (χ0) is 22.8. The summed E-state index contributed by atoms with van der Waals surface area (Å²) in [4.78, 5) is 25.6. The Morgan fingerprint density at radius 3 is 2.69 bits per heavy atom. The lowest BCUT2D eigenvalue weighted by atomic mass is 10.1. The molecule has 0 bridgehead atoms. The molecule has 0 saturated carbocycles. The lowest BCUT2D eigenvalue weighted by Gasteiger charge is -2.12. The number of nitrogens with one attached hydrogen (secondary N) is 1. The molecule has 0 spiro atoms. The van der Waals surface area contributed by atoms with Crippen LogP contribution in [-0.2, 0) is 11.3 Å². The second kappa shape index (κ2) is 9.52. The summed E-state index contributed by atoms with van der Waals surface area (Å²) in [5.41, 5.74) is 1.11. The van der Waals surface area contributed by atoms with Crippen molar-refractivity contribution in [3.8, 4) is 0 Å². The first-order valence-electron chi connectivity index (χ1n) is 10.1. The van der Waals surface area contributed by atoms with E-state index < -0.39 is 0 Å². The topological polar surface area (TPSA) is 81.3 Å². The Bertz CT molecular complexity index is 1370. The van der Waals surface area contributed by atoms with Crippen LogP contribution in [0.1, 0.15) is 20.3 Å². The van der Waals surface area contributed by atoms with Gasteiger partial charge in [0.2, 0.25) is 11.7 Å². The molecule has 0 radical (unpaired) electrons. The van der Waals surface area contributed by atoms with Gasteiger partial charge in [-0.2, -0.15) is 0 Å². The zero-order valence-electron chi connectivity index (χ0n) is 17.5. The molecular formula is C22H21Cl2N5O2S. The Hall–Kier alpha value is -2.55. The van der Waals surface area contributed by atoms with Gasteiger partial charge in [0.05, 0.1) is 27.4 Å². The van der Waals surface area contributed by atoms with Crippen LogP contribution in [0.5, 0.6) is 0 Å². The zero-order valence-corrected chi connectivity index (χ0v) is 19.8. The Morgan fingerprint density at radius 1 is 1.16 bits per heavy atom. The summed E-state index contributed by atoms with van der Waals surface area (Å²) in [6, 6.07) is 12.2. The van der Waals surface area contributed by atoms with E-state index in [1.54, 1.807) is 28.8 Å². The molecule has 0 aliphatic heterocycles. The van der Waals surface area contributed by atoms with Crippen molar-refractivity contribution in [3.05, 3.63) is 62.9 Å². The summed E-state index contributed by atoms with van der Waals surface area (Å²) in [6.07, 6.45) is 0.841. The minimum absolute atomic E-state index is 0.0900. The number of rotatable bonds is 7. The minimum atomic E-state index is -0.242. The number of anilines is 1. The number of carbonyl (C=O) groups is 1. The van der Waals surface area contributed by atoms with Gasteiger partial charge >= 0.3 is 0 Å². The molecule has 0 fully saturated rings. The molecule has 0 unspecified atom stereocenters. The highest BCUT2D eigenvalue weighted by Gasteiger charge is 2.18. The van der Waals surface area contributed by atoms with Crippen molar-refractivity contribution in [2.45, 2.75) is 32.0 Å². The van der Waals surface area contributed by atoms with Crippen molar-refractivity contribution in [1.29, 1.82) is 0 Å². The van der Waals surface area contributed by atoms with Crippen LogP contribution in [0.2, 0.25) is 10.0 Å². The van der Waals surface area contributed by atoms with Gasteiger partial charge in [0.25, 0.3) is 5.56 Å². The van der Waals surface area contributed by atoms with E-state index in [1.807, 2.05) is 22.6 Å². The van der Waals surface area contributed by atoms with Gasteiger partial charge in [0, 0.05) is 11.6 Å². The van der Waals surface area contributed by atoms with E-state index in [1.165, 1.54) is 11.8 Å². The number of fused-ring (bicyclic) bond motifs is 3. The molecule has 7 nitrogen and oxygen atoms in total. The van der Waals surface area contributed by atoms with Crippen molar-refractivity contribution in [1.82, 2.24) is 19.2 Å². The standard InChI is InChI=1S/C22H21Cl2N5O2S/c1-13(2)9-10-28-20(31)15-5-3-4-6-18(15)29-21(28)26-27-22(29)32-12-19(30)25-17-8-7-14(23)11-16(17)24/h3-8,11,13H,9-10,12H2,1-2H3,(H,25,30). The van der Waals surface area contributed by atoms with Crippen LogP contribution < -0.4 is 10.9 Å². The molecule has 4 aromatic rings. The third kappa shape index (κ3) is 4.62. The maximum atomic E-state index is 13.1. The number of amides is 1. The normalized spacial score (nSPS) is 11.5. The number of benzene rings is 2.